The molecule has 1 saturated heterocycles. The molecular weight excluding hydrogens is 380 g/mol. The zero-order valence-electron chi connectivity index (χ0n) is 14.7. The van der Waals surface area contributed by atoms with E-state index in [9.17, 15) is 22.4 Å². The summed E-state index contributed by atoms with van der Waals surface area (Å²) in [7, 11) is 0. The van der Waals surface area contributed by atoms with Crippen molar-refractivity contribution in [1.29, 1.82) is 0 Å². The van der Waals surface area contributed by atoms with Crippen molar-refractivity contribution in [3.05, 3.63) is 47.7 Å². The van der Waals surface area contributed by atoms with Crippen LogP contribution in [0.3, 0.4) is 0 Å². The highest BCUT2D eigenvalue weighted by atomic mass is 19.4. The summed E-state index contributed by atoms with van der Waals surface area (Å²) >= 11 is 0. The number of nitrogens with two attached hydrogens (primary N) is 1. The number of hydrogen-bond donors (Lipinski definition) is 1. The first-order valence-electron chi connectivity index (χ1n) is 8.60. The van der Waals surface area contributed by atoms with Crippen LogP contribution in [0.15, 0.2) is 30.6 Å². The van der Waals surface area contributed by atoms with E-state index in [1.54, 1.807) is 11.0 Å². The smallest absolute Gasteiger partial charge is 0.417 e. The number of pyridine rings is 2. The van der Waals surface area contributed by atoms with Gasteiger partial charge in [-0.15, -0.1) is 0 Å². The molecule has 0 atom stereocenters. The first-order valence-corrected chi connectivity index (χ1v) is 8.60. The SMILES string of the molecule is NC(=O)c1cc(OCC2CCN(c3ncc(C(F)(F)F)cc3F)CC2)ccn1. The third kappa shape index (κ3) is 4.68. The van der Waals surface area contributed by atoms with Crippen LogP contribution < -0.4 is 15.4 Å². The van der Waals surface area contributed by atoms with Crippen LogP contribution in [0.5, 0.6) is 5.75 Å². The number of anilines is 1. The van der Waals surface area contributed by atoms with E-state index in [1.807, 2.05) is 0 Å². The fourth-order valence-electron chi connectivity index (χ4n) is 2.98. The van der Waals surface area contributed by atoms with Crippen molar-refractivity contribution in [1.82, 2.24) is 9.97 Å². The van der Waals surface area contributed by atoms with Crippen LogP contribution in [-0.4, -0.2) is 35.6 Å². The van der Waals surface area contributed by atoms with E-state index in [-0.39, 0.29) is 17.4 Å². The molecule has 10 heteroatoms. The molecule has 1 aliphatic heterocycles. The molecule has 1 amide bonds. The monoisotopic (exact) mass is 398 g/mol. The number of primary amides is 1. The number of halogens is 4. The highest BCUT2D eigenvalue weighted by Gasteiger charge is 2.33. The molecule has 0 unspecified atom stereocenters. The minimum atomic E-state index is -4.63. The summed E-state index contributed by atoms with van der Waals surface area (Å²) in [6.07, 6.45) is -1.23. The van der Waals surface area contributed by atoms with Crippen LogP contribution in [0.1, 0.15) is 28.9 Å². The molecule has 28 heavy (non-hydrogen) atoms. The lowest BCUT2D eigenvalue weighted by atomic mass is 9.98. The van der Waals surface area contributed by atoms with Crippen LogP contribution in [0.25, 0.3) is 0 Å². The molecule has 6 nitrogen and oxygen atoms in total. The Morgan fingerprint density at radius 2 is 1.96 bits per heavy atom. The maximum Gasteiger partial charge on any atom is 0.417 e. The summed E-state index contributed by atoms with van der Waals surface area (Å²) in [6.45, 7) is 1.29. The van der Waals surface area contributed by atoms with Gasteiger partial charge in [-0.1, -0.05) is 0 Å². The van der Waals surface area contributed by atoms with Crippen molar-refractivity contribution >= 4 is 11.7 Å². The van der Waals surface area contributed by atoms with E-state index in [0.717, 1.165) is 0 Å². The van der Waals surface area contributed by atoms with Crippen molar-refractivity contribution in [2.24, 2.45) is 11.7 Å². The summed E-state index contributed by atoms with van der Waals surface area (Å²) < 4.78 is 57.6. The van der Waals surface area contributed by atoms with Crippen LogP contribution in [0, 0.1) is 11.7 Å². The first-order chi connectivity index (χ1) is 13.2. The zero-order chi connectivity index (χ0) is 20.3. The second-order valence-corrected chi connectivity index (χ2v) is 6.51. The average Bonchev–Trinajstić information content (AvgIpc) is 2.66. The van der Waals surface area contributed by atoms with Gasteiger partial charge in [0.05, 0.1) is 12.2 Å². The Morgan fingerprint density at radius 1 is 1.25 bits per heavy atom. The largest absolute Gasteiger partial charge is 0.493 e. The number of aromatic nitrogens is 2. The van der Waals surface area contributed by atoms with Gasteiger partial charge in [-0.2, -0.15) is 13.2 Å². The standard InChI is InChI=1S/C18H18F4N4O2/c19-14-7-12(18(20,21)22)9-25-17(14)26-5-2-11(3-6-26)10-28-13-1-4-24-15(8-13)16(23)27/h1,4,7-9,11H,2-3,5-6,10H2,(H2,23,27). The van der Waals surface area contributed by atoms with Gasteiger partial charge in [0.2, 0.25) is 0 Å². The van der Waals surface area contributed by atoms with E-state index in [4.69, 9.17) is 10.5 Å². The molecule has 2 aromatic heterocycles. The molecule has 0 spiro atoms. The molecule has 3 heterocycles. The van der Waals surface area contributed by atoms with Gasteiger partial charge in [0.15, 0.2) is 11.6 Å². The van der Waals surface area contributed by atoms with Gasteiger partial charge < -0.3 is 15.4 Å². The molecule has 0 aliphatic carbocycles. The molecule has 3 rings (SSSR count). The second-order valence-electron chi connectivity index (χ2n) is 6.51. The molecule has 2 N–H and O–H groups in total. The van der Waals surface area contributed by atoms with E-state index >= 15 is 0 Å². The van der Waals surface area contributed by atoms with Gasteiger partial charge in [-0.05, 0) is 30.9 Å². The van der Waals surface area contributed by atoms with Gasteiger partial charge in [0.25, 0.3) is 5.91 Å². The highest BCUT2D eigenvalue weighted by molar-refractivity contribution is 5.91. The van der Waals surface area contributed by atoms with Crippen molar-refractivity contribution < 1.29 is 27.1 Å². The quantitative estimate of drug-likeness (QED) is 0.783. The van der Waals surface area contributed by atoms with E-state index in [2.05, 4.69) is 9.97 Å². The second kappa shape index (κ2) is 7.99. The normalized spacial score (nSPS) is 15.5. The minimum Gasteiger partial charge on any atom is -0.493 e. The molecular formula is C18H18F4N4O2. The molecule has 0 bridgehead atoms. The van der Waals surface area contributed by atoms with Gasteiger partial charge >= 0.3 is 6.18 Å². The maximum atomic E-state index is 14.1. The number of alkyl halides is 3. The number of carbonyl (C=O) groups is 1. The average molecular weight is 398 g/mol. The Hall–Kier alpha value is -2.91. The Balaban J connectivity index is 1.55. The molecule has 0 aromatic carbocycles. The minimum absolute atomic E-state index is 0.0763. The Morgan fingerprint density at radius 3 is 2.57 bits per heavy atom. The van der Waals surface area contributed by atoms with Gasteiger partial charge in [-0.25, -0.2) is 9.37 Å². The van der Waals surface area contributed by atoms with Crippen molar-refractivity contribution in [2.45, 2.75) is 19.0 Å². The predicted molar refractivity (Wildman–Crippen MR) is 92.4 cm³/mol. The number of rotatable bonds is 5. The third-order valence-corrected chi connectivity index (χ3v) is 4.53. The molecule has 1 aliphatic rings. The molecule has 0 radical (unpaired) electrons. The number of piperidine rings is 1. The number of amides is 1. The fraction of sp³-hybridized carbons (Fsp3) is 0.389. The zero-order valence-corrected chi connectivity index (χ0v) is 14.7. The topological polar surface area (TPSA) is 81.3 Å². The van der Waals surface area contributed by atoms with Crippen LogP contribution in [0.4, 0.5) is 23.4 Å². The number of ether oxygens (including phenoxy) is 1. The Bertz CT molecular complexity index is 852. The predicted octanol–water partition coefficient (Wildman–Crippen LogP) is 3.03. The molecule has 1 fully saturated rings. The molecule has 0 saturated carbocycles. The van der Waals surface area contributed by atoms with Crippen molar-refractivity contribution in [3.63, 3.8) is 0 Å². The van der Waals surface area contributed by atoms with Gasteiger partial charge in [0, 0.05) is 31.5 Å². The van der Waals surface area contributed by atoms with Crippen LogP contribution in [-0.2, 0) is 6.18 Å². The first kappa shape index (κ1) is 19.8. The maximum absolute atomic E-state index is 14.1. The van der Waals surface area contributed by atoms with Gasteiger partial charge in [0.1, 0.15) is 11.4 Å². The van der Waals surface area contributed by atoms with Crippen molar-refractivity contribution in [2.75, 3.05) is 24.6 Å². The lowest BCUT2D eigenvalue weighted by Crippen LogP contribution is -2.36. The van der Waals surface area contributed by atoms with Crippen LogP contribution in [0.2, 0.25) is 0 Å². The summed E-state index contributed by atoms with van der Waals surface area (Å²) in [5.74, 6) is -1.06. The molecule has 2 aromatic rings. The lowest BCUT2D eigenvalue weighted by Gasteiger charge is -2.32. The Labute approximate surface area is 158 Å². The van der Waals surface area contributed by atoms with Crippen molar-refractivity contribution in [3.8, 4) is 5.75 Å². The summed E-state index contributed by atoms with van der Waals surface area (Å²) in [4.78, 5) is 20.3. The van der Waals surface area contributed by atoms with Crippen LogP contribution >= 0.6 is 0 Å². The van der Waals surface area contributed by atoms with E-state index in [1.165, 1.54) is 12.3 Å². The number of nitrogens with zero attached hydrogens (tertiary/aromatic N) is 3. The number of hydrogen-bond acceptors (Lipinski definition) is 5. The third-order valence-electron chi connectivity index (χ3n) is 4.53. The summed E-state index contributed by atoms with van der Waals surface area (Å²) in [5, 5.41) is 0. The number of carbonyl (C=O) groups excluding carboxylic acids is 1. The lowest BCUT2D eigenvalue weighted by molar-refractivity contribution is -0.138. The highest BCUT2D eigenvalue weighted by Crippen LogP contribution is 2.32. The van der Waals surface area contributed by atoms with E-state index < -0.39 is 23.5 Å². The van der Waals surface area contributed by atoms with E-state index in [0.29, 0.717) is 50.6 Å². The summed E-state index contributed by atoms with van der Waals surface area (Å²) in [6, 6.07) is 3.54. The fourth-order valence-corrected chi connectivity index (χ4v) is 2.98. The molecule has 150 valence electrons. The Kier molecular flexibility index (Phi) is 5.66. The van der Waals surface area contributed by atoms with Gasteiger partial charge in [-0.3, -0.25) is 9.78 Å². The summed E-state index contributed by atoms with van der Waals surface area (Å²) in [5.41, 5.74) is 4.18.